The summed E-state index contributed by atoms with van der Waals surface area (Å²) in [5.41, 5.74) is 28.7. The van der Waals surface area contributed by atoms with Gasteiger partial charge in [-0.3, -0.25) is 0 Å². The largest absolute Gasteiger partial charge is 0.310 e. The maximum Gasteiger partial charge on any atom is 0.194 e. The fourth-order valence-corrected chi connectivity index (χ4v) is 22.3. The Labute approximate surface area is 534 Å². The van der Waals surface area contributed by atoms with E-state index in [1.165, 1.54) is 105 Å². The van der Waals surface area contributed by atoms with Gasteiger partial charge in [-0.15, -0.1) is 0 Å². The number of nitrogens with zero attached hydrogens (tertiary/aromatic N) is 5. The number of aryl methyl sites for hydroxylation is 1. The normalized spacial score (nSPS) is 15.9. The molecule has 0 aromatic heterocycles. The van der Waals surface area contributed by atoms with Crippen LogP contribution in [-0.2, 0) is 10.8 Å². The third kappa shape index (κ3) is 7.57. The quantitative estimate of drug-likeness (QED) is 0.127. The van der Waals surface area contributed by atoms with Gasteiger partial charge < -0.3 is 24.5 Å². The van der Waals surface area contributed by atoms with Crippen LogP contribution in [0.15, 0.2) is 303 Å². The lowest BCUT2D eigenvalue weighted by Crippen LogP contribution is -2.81. The third-order valence-electron chi connectivity index (χ3n) is 20.5. The van der Waals surface area contributed by atoms with Gasteiger partial charge in [0.25, 0.3) is 0 Å². The number of hydrogen-bond acceptors (Lipinski definition) is 5. The number of anilines is 15. The summed E-state index contributed by atoms with van der Waals surface area (Å²) in [5, 5.41) is 5.61. The van der Waals surface area contributed by atoms with E-state index in [1.807, 2.05) is 0 Å². The molecular formula is C85H65N5Si. The van der Waals surface area contributed by atoms with E-state index < -0.39 is 8.07 Å². The van der Waals surface area contributed by atoms with Crippen LogP contribution in [0.3, 0.4) is 0 Å². The maximum atomic E-state index is 2.64. The first-order valence-corrected chi connectivity index (χ1v) is 33.9. The van der Waals surface area contributed by atoms with E-state index in [4.69, 9.17) is 0 Å². The monoisotopic (exact) mass is 1180 g/mol. The fourth-order valence-electron chi connectivity index (χ4n) is 16.5. The van der Waals surface area contributed by atoms with E-state index in [1.54, 1.807) is 0 Å². The van der Waals surface area contributed by atoms with Gasteiger partial charge in [-0.1, -0.05) is 191 Å². The molecule has 3 aliphatic heterocycles. The molecule has 5 aliphatic rings. The zero-order chi connectivity index (χ0) is 60.9. The Morgan fingerprint density at radius 1 is 0.264 bits per heavy atom. The summed E-state index contributed by atoms with van der Waals surface area (Å²) < 4.78 is 0. The minimum absolute atomic E-state index is 0.227. The average molecular weight is 1180 g/mol. The van der Waals surface area contributed by atoms with Crippen molar-refractivity contribution in [3.8, 4) is 22.3 Å². The molecule has 0 amide bonds. The van der Waals surface area contributed by atoms with Crippen LogP contribution in [0.1, 0.15) is 55.5 Å². The SMILES string of the molecule is Cc1ccc(N2c3cccc4c3[Si]3(c5ccccc5)c5c2cccc5N(c2ccc5c(c2)-c2ccc(N(c6ccccc6)c6ccccc6)cc2C5(C)C)c2cccc(c23)N4c2ccc3c(c2)-c2cc(N(c4ccccc4)c4ccccc4)ccc2C3(C)C)cc1. The molecule has 13 aromatic carbocycles. The summed E-state index contributed by atoms with van der Waals surface area (Å²) in [6, 6.07) is 114. The molecule has 0 saturated carbocycles. The van der Waals surface area contributed by atoms with E-state index in [0.29, 0.717) is 0 Å². The van der Waals surface area contributed by atoms with Gasteiger partial charge in [0.15, 0.2) is 8.07 Å². The summed E-state index contributed by atoms with van der Waals surface area (Å²) in [7, 11) is -3.26. The number of fused-ring (bicyclic) bond motifs is 6. The van der Waals surface area contributed by atoms with Gasteiger partial charge in [0.05, 0.1) is 0 Å². The van der Waals surface area contributed by atoms with Crippen molar-refractivity contribution in [3.05, 3.63) is 331 Å². The second-order valence-electron chi connectivity index (χ2n) is 26.2. The molecule has 434 valence electrons. The molecule has 18 rings (SSSR count). The van der Waals surface area contributed by atoms with Gasteiger partial charge in [0.1, 0.15) is 0 Å². The van der Waals surface area contributed by atoms with Crippen molar-refractivity contribution >= 4 is 114 Å². The van der Waals surface area contributed by atoms with Crippen LogP contribution in [0.25, 0.3) is 22.3 Å². The molecule has 0 N–H and O–H groups in total. The molecule has 91 heavy (non-hydrogen) atoms. The van der Waals surface area contributed by atoms with Gasteiger partial charge >= 0.3 is 0 Å². The van der Waals surface area contributed by atoms with Gasteiger partial charge in [0.2, 0.25) is 0 Å². The van der Waals surface area contributed by atoms with Crippen LogP contribution in [0.5, 0.6) is 0 Å². The average Bonchev–Trinajstić information content (AvgIpc) is 0.705. The smallest absolute Gasteiger partial charge is 0.194 e. The van der Waals surface area contributed by atoms with Crippen molar-refractivity contribution in [3.63, 3.8) is 0 Å². The summed E-state index contributed by atoms with van der Waals surface area (Å²) >= 11 is 0. The van der Waals surface area contributed by atoms with E-state index >= 15 is 0 Å². The van der Waals surface area contributed by atoms with E-state index in [2.05, 4.69) is 362 Å². The molecule has 3 heterocycles. The molecule has 6 heteroatoms. The number of benzene rings is 13. The first-order valence-electron chi connectivity index (χ1n) is 31.9. The molecule has 0 saturated heterocycles. The first-order chi connectivity index (χ1) is 44.6. The highest BCUT2D eigenvalue weighted by Gasteiger charge is 2.60. The Balaban J connectivity index is 0.868. The molecule has 0 fully saturated rings. The Bertz CT molecular complexity index is 5010. The van der Waals surface area contributed by atoms with Crippen molar-refractivity contribution in [2.45, 2.75) is 45.4 Å². The summed E-state index contributed by atoms with van der Waals surface area (Å²) in [6.07, 6.45) is 0. The lowest BCUT2D eigenvalue weighted by Gasteiger charge is -2.55. The van der Waals surface area contributed by atoms with Crippen molar-refractivity contribution in [2.24, 2.45) is 0 Å². The second kappa shape index (κ2) is 19.8. The number of para-hydroxylation sites is 4. The molecule has 13 aromatic rings. The first kappa shape index (κ1) is 53.1. The predicted molar refractivity (Wildman–Crippen MR) is 384 cm³/mol. The zero-order valence-electron chi connectivity index (χ0n) is 51.6. The summed E-state index contributed by atoms with van der Waals surface area (Å²) in [4.78, 5) is 12.6. The van der Waals surface area contributed by atoms with Crippen molar-refractivity contribution in [1.82, 2.24) is 0 Å². The highest BCUT2D eigenvalue weighted by molar-refractivity contribution is 7.24. The number of hydrogen-bond donors (Lipinski definition) is 0. The Morgan fingerprint density at radius 2 is 0.593 bits per heavy atom. The number of rotatable bonds is 10. The second-order valence-corrected chi connectivity index (χ2v) is 29.7. The molecule has 1 atom stereocenters. The van der Waals surface area contributed by atoms with Crippen LogP contribution in [0, 0.1) is 6.92 Å². The van der Waals surface area contributed by atoms with Gasteiger partial charge in [0, 0.05) is 112 Å². The van der Waals surface area contributed by atoms with Crippen LogP contribution in [-0.4, -0.2) is 8.07 Å². The lowest BCUT2D eigenvalue weighted by molar-refractivity contribution is 0.660. The molecule has 0 spiro atoms. The third-order valence-corrected chi connectivity index (χ3v) is 25.5. The van der Waals surface area contributed by atoms with Gasteiger partial charge in [-0.2, -0.15) is 0 Å². The predicted octanol–water partition coefficient (Wildman–Crippen LogP) is 20.3. The Kier molecular flexibility index (Phi) is 11.6. The summed E-state index contributed by atoms with van der Waals surface area (Å²) in [5.74, 6) is 0. The van der Waals surface area contributed by atoms with Gasteiger partial charge in [-0.05, 0) is 202 Å². The van der Waals surface area contributed by atoms with Crippen LogP contribution in [0.2, 0.25) is 0 Å². The Morgan fingerprint density at radius 3 is 1.02 bits per heavy atom. The van der Waals surface area contributed by atoms with Crippen molar-refractivity contribution < 1.29 is 0 Å². The molecular weight excluding hydrogens is 1120 g/mol. The minimum atomic E-state index is -3.26. The zero-order valence-corrected chi connectivity index (χ0v) is 52.6. The molecule has 5 nitrogen and oxygen atoms in total. The fraction of sp³-hybridized carbons (Fsp3) is 0.0824. The molecule has 1 unspecified atom stereocenters. The highest BCUT2D eigenvalue weighted by Crippen LogP contribution is 2.58. The van der Waals surface area contributed by atoms with Crippen LogP contribution >= 0.6 is 0 Å². The van der Waals surface area contributed by atoms with Gasteiger partial charge in [-0.25, -0.2) is 0 Å². The maximum absolute atomic E-state index is 3.26. The van der Waals surface area contributed by atoms with Crippen LogP contribution in [0.4, 0.5) is 85.3 Å². The Hall–Kier alpha value is -10.9. The van der Waals surface area contributed by atoms with E-state index in [9.17, 15) is 0 Å². The van der Waals surface area contributed by atoms with Crippen LogP contribution < -0.4 is 45.2 Å². The summed E-state index contributed by atoms with van der Waals surface area (Å²) in [6.45, 7) is 11.8. The topological polar surface area (TPSA) is 16.2 Å². The van der Waals surface area contributed by atoms with E-state index in [-0.39, 0.29) is 10.8 Å². The highest BCUT2D eigenvalue weighted by atomic mass is 28.3. The molecule has 0 bridgehead atoms. The molecule has 0 radical (unpaired) electrons. The lowest BCUT2D eigenvalue weighted by atomic mass is 9.82. The molecule has 2 aliphatic carbocycles. The van der Waals surface area contributed by atoms with Crippen molar-refractivity contribution in [2.75, 3.05) is 24.5 Å². The minimum Gasteiger partial charge on any atom is -0.310 e. The van der Waals surface area contributed by atoms with E-state index in [0.717, 1.165) is 51.2 Å². The van der Waals surface area contributed by atoms with Crippen molar-refractivity contribution in [1.29, 1.82) is 0 Å². The standard InChI is InChI=1S/C85H65N5Si/c1-56-40-42-61(43-41-56)88-75-34-21-36-77-81(75)91(66-32-19-10-20-33-66)82-76(88)35-22-37-78(82)90(64-47-51-73-70(54-64)69-52-62(45-49-72(69)84(73,2)3)86(57-24-11-6-12-25-57)58-26-13-7-14-27-58)80-39-23-38-79(83(80)91)89(77)63-46-50-71-68(53-63)67-48-44-65(55-74(67)85(71,4)5)87(59-28-15-8-16-29-59)60-30-17-9-18-31-60/h6-55H,1-5H3.